The van der Waals surface area contributed by atoms with Gasteiger partial charge in [-0.25, -0.2) is 24.4 Å². The van der Waals surface area contributed by atoms with E-state index in [1.807, 2.05) is 68.7 Å². The molecule has 0 saturated carbocycles. The number of rotatable bonds is 4. The Bertz CT molecular complexity index is 1510. The number of carboxylic acid groups (broad SMARTS) is 1. The summed E-state index contributed by atoms with van der Waals surface area (Å²) in [5.74, 6) is -1.48. The van der Waals surface area contributed by atoms with Crippen LogP contribution in [0.1, 0.15) is 11.5 Å². The summed E-state index contributed by atoms with van der Waals surface area (Å²) >= 11 is 0. The van der Waals surface area contributed by atoms with Crippen LogP contribution in [0.3, 0.4) is 0 Å². The van der Waals surface area contributed by atoms with E-state index >= 15 is 0 Å². The van der Waals surface area contributed by atoms with Gasteiger partial charge in [0.25, 0.3) is 0 Å². The predicted octanol–water partition coefficient (Wildman–Crippen LogP) is 4.59. The molecule has 0 aliphatic heterocycles. The maximum atomic E-state index is 10.6. The molecule has 10 nitrogen and oxygen atoms in total. The summed E-state index contributed by atoms with van der Waals surface area (Å²) in [7, 11) is 0. The van der Waals surface area contributed by atoms with E-state index in [0.717, 1.165) is 44.9 Å². The average Bonchev–Trinajstić information content (AvgIpc) is 3.47. The standard InChI is InChI=1S/C21H18N8.C2HF3O2/c1-13-19(11-24-27-13)18-5-3-4-15-10-22-21(26-20(15)18)25-16-6-8-17(9-7-16)29-12-23-14(2)28-29;3-2(4,5)1(6)7/h3-12H,1-2H3,(H,24,27)(H,22,25,26);(H,6,7). The molecule has 13 heteroatoms. The highest BCUT2D eigenvalue weighted by Crippen LogP contribution is 2.29. The Morgan fingerprint density at radius 1 is 1.03 bits per heavy atom. The second-order valence-corrected chi connectivity index (χ2v) is 7.56. The van der Waals surface area contributed by atoms with Gasteiger partial charge < -0.3 is 10.4 Å². The number of aliphatic carboxylic acids is 1. The smallest absolute Gasteiger partial charge is 0.475 e. The molecule has 0 fully saturated rings. The number of para-hydroxylation sites is 1. The number of aryl methyl sites for hydroxylation is 2. The summed E-state index contributed by atoms with van der Waals surface area (Å²) in [6.45, 7) is 3.86. The second kappa shape index (κ2) is 9.82. The number of H-pyrrole nitrogens is 1. The number of halogens is 3. The number of anilines is 2. The number of carbonyl (C=O) groups is 1. The fraction of sp³-hybridized carbons (Fsp3) is 0.130. The van der Waals surface area contributed by atoms with E-state index in [1.54, 1.807) is 11.0 Å². The molecule has 0 radical (unpaired) electrons. The van der Waals surface area contributed by atoms with Gasteiger partial charge in [0, 0.05) is 34.1 Å². The first kappa shape index (κ1) is 24.3. The molecule has 0 aliphatic carbocycles. The first-order valence-electron chi connectivity index (χ1n) is 10.4. The quantitative estimate of drug-likeness (QED) is 0.329. The van der Waals surface area contributed by atoms with Crippen LogP contribution < -0.4 is 5.32 Å². The van der Waals surface area contributed by atoms with Crippen LogP contribution in [0.15, 0.2) is 61.2 Å². The SMILES string of the molecule is Cc1ncn(-c2ccc(Nc3ncc4cccc(-c5cn[nH]c5C)c4n3)cc2)n1.O=C(O)C(F)(F)F. The summed E-state index contributed by atoms with van der Waals surface area (Å²) < 4.78 is 33.5. The molecule has 0 unspecified atom stereocenters. The molecular formula is C23H19F3N8O2. The molecule has 36 heavy (non-hydrogen) atoms. The Balaban J connectivity index is 0.000000384. The van der Waals surface area contributed by atoms with Crippen molar-refractivity contribution in [1.29, 1.82) is 0 Å². The summed E-state index contributed by atoms with van der Waals surface area (Å²) in [6, 6.07) is 13.9. The zero-order valence-electron chi connectivity index (χ0n) is 18.9. The van der Waals surface area contributed by atoms with Gasteiger partial charge in [0.2, 0.25) is 5.95 Å². The zero-order valence-corrected chi connectivity index (χ0v) is 18.9. The van der Waals surface area contributed by atoms with Gasteiger partial charge in [-0.3, -0.25) is 5.10 Å². The van der Waals surface area contributed by atoms with Gasteiger partial charge in [0.15, 0.2) is 0 Å². The van der Waals surface area contributed by atoms with Crippen molar-refractivity contribution in [3.8, 4) is 16.8 Å². The highest BCUT2D eigenvalue weighted by Gasteiger charge is 2.38. The molecule has 3 N–H and O–H groups in total. The first-order valence-corrected chi connectivity index (χ1v) is 10.4. The number of nitrogens with zero attached hydrogens (tertiary/aromatic N) is 6. The minimum absolute atomic E-state index is 0.537. The fourth-order valence-electron chi connectivity index (χ4n) is 3.25. The number of hydrogen-bond acceptors (Lipinski definition) is 7. The number of aromatic nitrogens is 7. The van der Waals surface area contributed by atoms with E-state index < -0.39 is 12.1 Å². The number of benzene rings is 2. The van der Waals surface area contributed by atoms with Gasteiger partial charge in [-0.05, 0) is 38.1 Å². The topological polar surface area (TPSA) is 134 Å². The highest BCUT2D eigenvalue weighted by molar-refractivity contribution is 5.94. The van der Waals surface area contributed by atoms with Crippen molar-refractivity contribution in [3.63, 3.8) is 0 Å². The molecular weight excluding hydrogens is 477 g/mol. The lowest BCUT2D eigenvalue weighted by Gasteiger charge is -2.09. The Morgan fingerprint density at radius 3 is 2.33 bits per heavy atom. The van der Waals surface area contributed by atoms with E-state index in [4.69, 9.17) is 14.9 Å². The molecule has 0 saturated heterocycles. The lowest BCUT2D eigenvalue weighted by molar-refractivity contribution is -0.192. The van der Waals surface area contributed by atoms with Gasteiger partial charge in [0.1, 0.15) is 12.2 Å². The van der Waals surface area contributed by atoms with Gasteiger partial charge in [-0.15, -0.1) is 0 Å². The van der Waals surface area contributed by atoms with E-state index in [1.165, 1.54) is 0 Å². The van der Waals surface area contributed by atoms with E-state index in [0.29, 0.717) is 5.95 Å². The number of fused-ring (bicyclic) bond motifs is 1. The lowest BCUT2D eigenvalue weighted by atomic mass is 10.0. The van der Waals surface area contributed by atoms with Gasteiger partial charge in [-0.1, -0.05) is 18.2 Å². The third kappa shape index (κ3) is 5.46. The molecule has 0 atom stereocenters. The molecule has 3 aromatic heterocycles. The molecule has 0 aliphatic rings. The van der Waals surface area contributed by atoms with Crippen molar-refractivity contribution in [2.24, 2.45) is 0 Å². The Kier molecular flexibility index (Phi) is 6.63. The Morgan fingerprint density at radius 2 is 1.75 bits per heavy atom. The number of nitrogens with one attached hydrogen (secondary N) is 2. The highest BCUT2D eigenvalue weighted by atomic mass is 19.4. The minimum Gasteiger partial charge on any atom is -0.475 e. The second-order valence-electron chi connectivity index (χ2n) is 7.56. The van der Waals surface area contributed by atoms with Gasteiger partial charge in [0.05, 0.1) is 17.4 Å². The normalized spacial score (nSPS) is 11.1. The molecule has 5 aromatic rings. The number of alkyl halides is 3. The van der Waals surface area contributed by atoms with Crippen molar-refractivity contribution in [2.45, 2.75) is 20.0 Å². The summed E-state index contributed by atoms with van der Waals surface area (Å²) in [4.78, 5) is 22.3. The van der Waals surface area contributed by atoms with Crippen LogP contribution in [0.5, 0.6) is 0 Å². The molecule has 0 amide bonds. The fourth-order valence-corrected chi connectivity index (χ4v) is 3.25. The molecule has 184 valence electrons. The van der Waals surface area contributed by atoms with Gasteiger partial charge in [-0.2, -0.15) is 23.4 Å². The van der Waals surface area contributed by atoms with Crippen LogP contribution in [0.25, 0.3) is 27.7 Å². The Labute approximate surface area is 201 Å². The molecule has 0 bridgehead atoms. The average molecular weight is 496 g/mol. The van der Waals surface area contributed by atoms with E-state index in [-0.39, 0.29) is 0 Å². The van der Waals surface area contributed by atoms with Crippen LogP contribution in [0.4, 0.5) is 24.8 Å². The van der Waals surface area contributed by atoms with Crippen LogP contribution in [0, 0.1) is 13.8 Å². The van der Waals surface area contributed by atoms with Gasteiger partial charge >= 0.3 is 12.1 Å². The first-order chi connectivity index (χ1) is 17.1. The molecule has 0 spiro atoms. The van der Waals surface area contributed by atoms with Crippen LogP contribution >= 0.6 is 0 Å². The zero-order chi connectivity index (χ0) is 25.9. The lowest BCUT2D eigenvalue weighted by Crippen LogP contribution is -2.21. The third-order valence-electron chi connectivity index (χ3n) is 4.97. The monoisotopic (exact) mass is 496 g/mol. The van der Waals surface area contributed by atoms with Crippen LogP contribution in [-0.4, -0.2) is 52.2 Å². The molecule has 3 heterocycles. The van der Waals surface area contributed by atoms with Crippen molar-refractivity contribution in [3.05, 3.63) is 72.7 Å². The largest absolute Gasteiger partial charge is 0.490 e. The molecule has 5 rings (SSSR count). The van der Waals surface area contributed by atoms with Crippen molar-refractivity contribution in [1.82, 2.24) is 34.9 Å². The maximum Gasteiger partial charge on any atom is 0.490 e. The van der Waals surface area contributed by atoms with E-state index in [9.17, 15) is 13.2 Å². The summed E-state index contributed by atoms with van der Waals surface area (Å²) in [5.41, 5.74) is 5.77. The number of aromatic amines is 1. The van der Waals surface area contributed by atoms with Crippen LogP contribution in [0.2, 0.25) is 0 Å². The minimum atomic E-state index is -5.08. The number of carboxylic acids is 1. The van der Waals surface area contributed by atoms with Crippen LogP contribution in [-0.2, 0) is 4.79 Å². The third-order valence-corrected chi connectivity index (χ3v) is 4.97. The summed E-state index contributed by atoms with van der Waals surface area (Å²) in [5, 5.41) is 22.8. The maximum absolute atomic E-state index is 10.6. The summed E-state index contributed by atoms with van der Waals surface area (Å²) in [6.07, 6.45) is 0.267. The Hall–Kier alpha value is -4.81. The van der Waals surface area contributed by atoms with E-state index in [2.05, 4.69) is 30.6 Å². The predicted molar refractivity (Wildman–Crippen MR) is 125 cm³/mol. The molecule has 2 aromatic carbocycles. The number of hydrogen-bond donors (Lipinski definition) is 3. The van der Waals surface area contributed by atoms with Crippen molar-refractivity contribution in [2.75, 3.05) is 5.32 Å². The van der Waals surface area contributed by atoms with Crippen molar-refractivity contribution >= 4 is 28.5 Å². The van der Waals surface area contributed by atoms with Crippen molar-refractivity contribution < 1.29 is 23.1 Å².